The third-order valence-corrected chi connectivity index (χ3v) is 8.97. The van der Waals surface area contributed by atoms with Crippen LogP contribution in [0.25, 0.3) is 67.2 Å². The highest BCUT2D eigenvalue weighted by molar-refractivity contribution is 5.87. The summed E-state index contributed by atoms with van der Waals surface area (Å²) in [6.07, 6.45) is 3.33. The van der Waals surface area contributed by atoms with E-state index in [1.807, 2.05) is 42.5 Å². The Balaban J connectivity index is 1.19. The number of fused-ring (bicyclic) bond motifs is 2. The molecule has 220 valence electrons. The van der Waals surface area contributed by atoms with E-state index in [1.165, 1.54) is 11.1 Å². The summed E-state index contributed by atoms with van der Waals surface area (Å²) in [7, 11) is 0. The predicted octanol–water partition coefficient (Wildman–Crippen LogP) is 11.3. The van der Waals surface area contributed by atoms with Gasteiger partial charge in [-0.05, 0) is 72.4 Å². The molecule has 2 heterocycles. The van der Waals surface area contributed by atoms with E-state index in [0.717, 1.165) is 67.8 Å². The Morgan fingerprint density at radius 3 is 1.69 bits per heavy atom. The van der Waals surface area contributed by atoms with Gasteiger partial charge in [0.25, 0.3) is 0 Å². The summed E-state index contributed by atoms with van der Waals surface area (Å²) >= 11 is 0. The standard InChI is InChI=1S/C41H36N3O/c1-5-26(3)33-24-37-38(25-34(33)27(4)6-2)45-41(44-37)32-22-18-29(19-23-32)28-16-20-31(21-17-28)40-39(30-12-8-7-9-13-30)42-35-14-10-11-15-36(35)43-40/h6-27H,5H2,1-4H3/q+1. The number of nitrogens with zero attached hydrogens (tertiary/aromatic N) is 3. The summed E-state index contributed by atoms with van der Waals surface area (Å²) in [5.41, 5.74) is 13.3. The molecule has 0 saturated heterocycles. The zero-order valence-electron chi connectivity index (χ0n) is 26.2. The average molecular weight is 587 g/mol. The van der Waals surface area contributed by atoms with E-state index in [4.69, 9.17) is 19.4 Å². The van der Waals surface area contributed by atoms with Crippen molar-refractivity contribution in [3.05, 3.63) is 133 Å². The molecule has 2 unspecified atom stereocenters. The van der Waals surface area contributed by atoms with Crippen LogP contribution >= 0.6 is 0 Å². The average Bonchev–Trinajstić information content (AvgIpc) is 3.53. The second kappa shape index (κ2) is 12.0. The lowest BCUT2D eigenvalue weighted by molar-refractivity contribution is 0.618. The molecule has 0 bridgehead atoms. The zero-order chi connectivity index (χ0) is 30.9. The van der Waals surface area contributed by atoms with E-state index in [-0.39, 0.29) is 0 Å². The first-order valence-electron chi connectivity index (χ1n) is 15.8. The second-order valence-corrected chi connectivity index (χ2v) is 11.8. The van der Waals surface area contributed by atoms with Gasteiger partial charge in [-0.2, -0.15) is 0 Å². The van der Waals surface area contributed by atoms with Gasteiger partial charge in [0.1, 0.15) is 11.4 Å². The smallest absolute Gasteiger partial charge is 0.227 e. The SMILES string of the molecule is C[CH+]C(C)c1cc2oc(-c3ccc(-c4ccc(-c5nc6ccccc6nc5-c5ccccc5)cc4)cc3)nc2cc1C(C)CC. The molecule has 45 heavy (non-hydrogen) atoms. The van der Waals surface area contributed by atoms with Crippen molar-refractivity contribution in [1.82, 2.24) is 15.0 Å². The van der Waals surface area contributed by atoms with Crippen molar-refractivity contribution >= 4 is 22.1 Å². The Morgan fingerprint density at radius 2 is 1.11 bits per heavy atom. The molecule has 0 saturated carbocycles. The predicted molar refractivity (Wildman–Crippen MR) is 186 cm³/mol. The molecule has 0 aliphatic heterocycles. The van der Waals surface area contributed by atoms with Crippen LogP contribution in [0.2, 0.25) is 0 Å². The van der Waals surface area contributed by atoms with Gasteiger partial charge in [0, 0.05) is 22.3 Å². The molecule has 0 fully saturated rings. The highest BCUT2D eigenvalue weighted by Gasteiger charge is 2.22. The highest BCUT2D eigenvalue weighted by atomic mass is 16.3. The fourth-order valence-corrected chi connectivity index (χ4v) is 5.97. The number of oxazole rings is 1. The molecule has 7 aromatic rings. The lowest BCUT2D eigenvalue weighted by Gasteiger charge is -2.15. The Hall–Kier alpha value is -5.22. The number of para-hydroxylation sites is 2. The van der Waals surface area contributed by atoms with E-state index in [9.17, 15) is 0 Å². The molecule has 4 heteroatoms. The summed E-state index contributed by atoms with van der Waals surface area (Å²) in [6.45, 7) is 8.89. The lowest BCUT2D eigenvalue weighted by Crippen LogP contribution is -2.02. The van der Waals surface area contributed by atoms with Crippen LogP contribution in [0.4, 0.5) is 0 Å². The number of rotatable bonds is 8. The van der Waals surface area contributed by atoms with Crippen molar-refractivity contribution in [1.29, 1.82) is 0 Å². The molecule has 5 aromatic carbocycles. The molecule has 0 N–H and O–H groups in total. The van der Waals surface area contributed by atoms with Gasteiger partial charge < -0.3 is 4.42 Å². The largest absolute Gasteiger partial charge is 0.436 e. The maximum Gasteiger partial charge on any atom is 0.227 e. The van der Waals surface area contributed by atoms with Gasteiger partial charge in [0.2, 0.25) is 5.89 Å². The molecule has 0 aliphatic rings. The van der Waals surface area contributed by atoms with E-state index in [1.54, 1.807) is 0 Å². The third-order valence-electron chi connectivity index (χ3n) is 8.97. The van der Waals surface area contributed by atoms with E-state index in [2.05, 4.69) is 107 Å². The minimum absolute atomic E-state index is 0.357. The Bertz CT molecular complexity index is 2050. The third kappa shape index (κ3) is 5.49. The molecule has 0 amide bonds. The normalized spacial score (nSPS) is 12.8. The Kier molecular flexibility index (Phi) is 7.64. The van der Waals surface area contributed by atoms with Crippen molar-refractivity contribution < 1.29 is 4.42 Å². The van der Waals surface area contributed by atoms with Crippen LogP contribution in [0, 0.1) is 6.42 Å². The molecule has 7 rings (SSSR count). The Labute approximate surface area is 264 Å². The first-order chi connectivity index (χ1) is 22.0. The molecular weight excluding hydrogens is 550 g/mol. The summed E-state index contributed by atoms with van der Waals surface area (Å²) in [6, 6.07) is 39.8. The van der Waals surface area contributed by atoms with E-state index >= 15 is 0 Å². The molecule has 0 spiro atoms. The molecule has 2 aromatic heterocycles. The van der Waals surface area contributed by atoms with Gasteiger partial charge >= 0.3 is 0 Å². The van der Waals surface area contributed by atoms with Crippen molar-refractivity contribution in [3.63, 3.8) is 0 Å². The Morgan fingerprint density at radius 1 is 0.578 bits per heavy atom. The van der Waals surface area contributed by atoms with Crippen LogP contribution in [0.15, 0.2) is 120 Å². The van der Waals surface area contributed by atoms with Crippen molar-refractivity contribution in [2.45, 2.75) is 46.0 Å². The van der Waals surface area contributed by atoms with Crippen LogP contribution in [-0.4, -0.2) is 15.0 Å². The zero-order valence-corrected chi connectivity index (χ0v) is 26.2. The fraction of sp³-hybridized carbons (Fsp3) is 0.171. The number of hydrogen-bond acceptors (Lipinski definition) is 4. The van der Waals surface area contributed by atoms with Crippen LogP contribution < -0.4 is 0 Å². The summed E-state index contributed by atoms with van der Waals surface area (Å²) in [5, 5.41) is 0. The van der Waals surface area contributed by atoms with Crippen LogP contribution in [0.3, 0.4) is 0 Å². The maximum absolute atomic E-state index is 6.31. The number of aromatic nitrogens is 3. The second-order valence-electron chi connectivity index (χ2n) is 11.8. The minimum Gasteiger partial charge on any atom is -0.436 e. The molecular formula is C41H36N3O+. The first kappa shape index (κ1) is 28.5. The molecule has 0 aliphatic carbocycles. The van der Waals surface area contributed by atoms with E-state index < -0.39 is 0 Å². The van der Waals surface area contributed by atoms with Crippen molar-refractivity contribution in [3.8, 4) is 45.1 Å². The lowest BCUT2D eigenvalue weighted by atomic mass is 9.86. The fourth-order valence-electron chi connectivity index (χ4n) is 5.97. The van der Waals surface area contributed by atoms with Gasteiger partial charge in [0.15, 0.2) is 5.58 Å². The minimum atomic E-state index is 0.357. The molecule has 0 radical (unpaired) electrons. The van der Waals surface area contributed by atoms with Crippen LogP contribution in [0.5, 0.6) is 0 Å². The van der Waals surface area contributed by atoms with Crippen molar-refractivity contribution in [2.75, 3.05) is 0 Å². The van der Waals surface area contributed by atoms with Crippen molar-refractivity contribution in [2.24, 2.45) is 0 Å². The first-order valence-corrected chi connectivity index (χ1v) is 15.8. The molecule has 4 nitrogen and oxygen atoms in total. The quantitative estimate of drug-likeness (QED) is 0.166. The summed E-state index contributed by atoms with van der Waals surface area (Å²) in [4.78, 5) is 15.0. The highest BCUT2D eigenvalue weighted by Crippen LogP contribution is 2.36. The van der Waals surface area contributed by atoms with Crippen LogP contribution in [-0.2, 0) is 0 Å². The number of hydrogen-bond donors (Lipinski definition) is 0. The summed E-state index contributed by atoms with van der Waals surface area (Å²) in [5.74, 6) is 1.47. The number of benzene rings is 5. The van der Waals surface area contributed by atoms with Gasteiger partial charge in [-0.15, -0.1) is 0 Å². The van der Waals surface area contributed by atoms with Gasteiger partial charge in [-0.1, -0.05) is 92.7 Å². The van der Waals surface area contributed by atoms with Gasteiger partial charge in [-0.3, -0.25) is 0 Å². The maximum atomic E-state index is 6.31. The molecule has 2 atom stereocenters. The summed E-state index contributed by atoms with van der Waals surface area (Å²) < 4.78 is 6.31. The van der Waals surface area contributed by atoms with Gasteiger partial charge in [-0.25, -0.2) is 15.0 Å². The monoisotopic (exact) mass is 586 g/mol. The van der Waals surface area contributed by atoms with E-state index in [0.29, 0.717) is 17.7 Å². The van der Waals surface area contributed by atoms with Gasteiger partial charge in [0.05, 0.1) is 35.8 Å². The topological polar surface area (TPSA) is 51.8 Å². The van der Waals surface area contributed by atoms with Crippen LogP contribution in [0.1, 0.15) is 57.1 Å².